The summed E-state index contributed by atoms with van der Waals surface area (Å²) in [5.74, 6) is 0. The van der Waals surface area contributed by atoms with Gasteiger partial charge in [0.2, 0.25) is 0 Å². The fraction of sp³-hybridized carbons (Fsp3) is 0.167. The topological polar surface area (TPSA) is 34.1 Å². The molecule has 134 valence electrons. The van der Waals surface area contributed by atoms with Gasteiger partial charge >= 0.3 is 5.63 Å². The first kappa shape index (κ1) is 17.2. The van der Waals surface area contributed by atoms with Crippen molar-refractivity contribution >= 4 is 11.0 Å². The Morgan fingerprint density at radius 2 is 1.52 bits per heavy atom. The van der Waals surface area contributed by atoms with E-state index in [2.05, 4.69) is 66.3 Å². The second kappa shape index (κ2) is 7.20. The SMILES string of the molecule is Cc1cc2oc(=O)cc(C[n+]3ccc(Cc4ccccc4)cc3)c2cc1C. The van der Waals surface area contributed by atoms with Crippen molar-refractivity contribution in [1.29, 1.82) is 0 Å². The lowest BCUT2D eigenvalue weighted by Crippen LogP contribution is -2.33. The molecular weight excluding hydrogens is 334 g/mol. The van der Waals surface area contributed by atoms with Gasteiger partial charge in [0.05, 0.1) is 0 Å². The molecule has 0 amide bonds. The summed E-state index contributed by atoms with van der Waals surface area (Å²) < 4.78 is 7.49. The first-order chi connectivity index (χ1) is 13.1. The van der Waals surface area contributed by atoms with Gasteiger partial charge in [0.15, 0.2) is 18.9 Å². The molecule has 3 nitrogen and oxygen atoms in total. The smallest absolute Gasteiger partial charge is 0.336 e. The Morgan fingerprint density at radius 1 is 0.852 bits per heavy atom. The van der Waals surface area contributed by atoms with Crippen LogP contribution in [-0.4, -0.2) is 0 Å². The van der Waals surface area contributed by atoms with E-state index in [1.165, 1.54) is 16.7 Å². The zero-order valence-electron chi connectivity index (χ0n) is 15.6. The maximum absolute atomic E-state index is 12.0. The molecule has 0 saturated carbocycles. The fourth-order valence-electron chi connectivity index (χ4n) is 3.35. The van der Waals surface area contributed by atoms with E-state index in [4.69, 9.17) is 4.42 Å². The van der Waals surface area contributed by atoms with Crippen molar-refractivity contribution in [3.8, 4) is 0 Å². The van der Waals surface area contributed by atoms with Crippen molar-refractivity contribution in [3.05, 3.63) is 111 Å². The van der Waals surface area contributed by atoms with Crippen LogP contribution in [0.15, 0.2) is 82.3 Å². The van der Waals surface area contributed by atoms with Crippen molar-refractivity contribution < 1.29 is 8.98 Å². The van der Waals surface area contributed by atoms with Gasteiger partial charge in [0.25, 0.3) is 0 Å². The number of nitrogens with zero attached hydrogens (tertiary/aromatic N) is 1. The minimum absolute atomic E-state index is 0.304. The van der Waals surface area contributed by atoms with E-state index >= 15 is 0 Å². The Kier molecular flexibility index (Phi) is 4.59. The second-order valence-corrected chi connectivity index (χ2v) is 7.06. The molecule has 0 fully saturated rings. The van der Waals surface area contributed by atoms with Gasteiger partial charge in [0.1, 0.15) is 5.58 Å². The monoisotopic (exact) mass is 356 g/mol. The molecule has 0 aliphatic carbocycles. The molecule has 2 aromatic heterocycles. The number of benzene rings is 2. The third-order valence-corrected chi connectivity index (χ3v) is 5.01. The van der Waals surface area contributed by atoms with Crippen molar-refractivity contribution in [2.45, 2.75) is 26.8 Å². The van der Waals surface area contributed by atoms with Gasteiger partial charge in [-0.1, -0.05) is 30.3 Å². The van der Waals surface area contributed by atoms with Crippen LogP contribution in [0.2, 0.25) is 0 Å². The van der Waals surface area contributed by atoms with Gasteiger partial charge in [-0.05, 0) is 54.7 Å². The highest BCUT2D eigenvalue weighted by molar-refractivity contribution is 5.81. The fourth-order valence-corrected chi connectivity index (χ4v) is 3.35. The highest BCUT2D eigenvalue weighted by Gasteiger charge is 2.12. The minimum atomic E-state index is -0.304. The number of fused-ring (bicyclic) bond motifs is 1. The van der Waals surface area contributed by atoms with Gasteiger partial charge in [-0.25, -0.2) is 9.36 Å². The molecule has 0 N–H and O–H groups in total. The van der Waals surface area contributed by atoms with E-state index in [0.717, 1.165) is 22.9 Å². The highest BCUT2D eigenvalue weighted by atomic mass is 16.4. The predicted octanol–water partition coefficient (Wildman–Crippen LogP) is 4.34. The summed E-state index contributed by atoms with van der Waals surface area (Å²) in [5.41, 5.74) is 6.21. The van der Waals surface area contributed by atoms with Crippen LogP contribution in [0.3, 0.4) is 0 Å². The number of aromatic nitrogens is 1. The highest BCUT2D eigenvalue weighted by Crippen LogP contribution is 2.21. The van der Waals surface area contributed by atoms with Gasteiger partial charge in [-0.15, -0.1) is 0 Å². The van der Waals surface area contributed by atoms with E-state index in [9.17, 15) is 4.79 Å². The summed E-state index contributed by atoms with van der Waals surface area (Å²) in [4.78, 5) is 12.0. The van der Waals surface area contributed by atoms with E-state index < -0.39 is 0 Å². The van der Waals surface area contributed by atoms with Crippen LogP contribution >= 0.6 is 0 Å². The first-order valence-electron chi connectivity index (χ1n) is 9.14. The first-order valence-corrected chi connectivity index (χ1v) is 9.14. The Labute approximate surface area is 158 Å². The van der Waals surface area contributed by atoms with E-state index in [1.807, 2.05) is 19.1 Å². The summed E-state index contributed by atoms with van der Waals surface area (Å²) >= 11 is 0. The maximum atomic E-state index is 12.0. The predicted molar refractivity (Wildman–Crippen MR) is 107 cm³/mol. The summed E-state index contributed by atoms with van der Waals surface area (Å²) in [7, 11) is 0. The zero-order valence-corrected chi connectivity index (χ0v) is 15.6. The molecule has 27 heavy (non-hydrogen) atoms. The standard InChI is InChI=1S/C24H22NO2/c1-17-12-22-21(15-24(26)27-23(22)13-18(17)2)16-25-10-8-20(9-11-25)14-19-6-4-3-5-7-19/h3-13,15H,14,16H2,1-2H3/q+1. The average molecular weight is 356 g/mol. The summed E-state index contributed by atoms with van der Waals surface area (Å²) in [6.07, 6.45) is 5.05. The van der Waals surface area contributed by atoms with Crippen molar-refractivity contribution in [3.63, 3.8) is 0 Å². The molecule has 0 radical (unpaired) electrons. The maximum Gasteiger partial charge on any atom is 0.336 e. The number of pyridine rings is 1. The van der Waals surface area contributed by atoms with Gasteiger partial charge in [-0.2, -0.15) is 0 Å². The van der Waals surface area contributed by atoms with Crippen molar-refractivity contribution in [2.24, 2.45) is 0 Å². The molecule has 0 aliphatic rings. The van der Waals surface area contributed by atoms with Crippen molar-refractivity contribution in [1.82, 2.24) is 0 Å². The summed E-state index contributed by atoms with van der Waals surface area (Å²) in [6, 6.07) is 20.4. The van der Waals surface area contributed by atoms with Gasteiger partial charge < -0.3 is 4.42 Å². The summed E-state index contributed by atoms with van der Waals surface area (Å²) in [5, 5.41) is 0.999. The Bertz CT molecular complexity index is 1140. The molecule has 0 saturated heterocycles. The van der Waals surface area contributed by atoms with E-state index in [-0.39, 0.29) is 5.63 Å². The number of rotatable bonds is 4. The molecule has 4 rings (SSSR count). The lowest BCUT2D eigenvalue weighted by atomic mass is 10.0. The lowest BCUT2D eigenvalue weighted by Gasteiger charge is -2.07. The molecule has 2 heterocycles. The lowest BCUT2D eigenvalue weighted by molar-refractivity contribution is -0.688. The number of hydrogen-bond donors (Lipinski definition) is 0. The second-order valence-electron chi connectivity index (χ2n) is 7.06. The normalized spacial score (nSPS) is 11.0. The largest absolute Gasteiger partial charge is 0.423 e. The average Bonchev–Trinajstić information content (AvgIpc) is 2.66. The molecule has 4 aromatic rings. The molecule has 0 aliphatic heterocycles. The summed E-state index contributed by atoms with van der Waals surface area (Å²) in [6.45, 7) is 4.74. The van der Waals surface area contributed by atoms with Crippen LogP contribution < -0.4 is 10.2 Å². The van der Waals surface area contributed by atoms with Gasteiger partial charge in [-0.3, -0.25) is 0 Å². The van der Waals surface area contributed by atoms with Crippen LogP contribution in [0.25, 0.3) is 11.0 Å². The Balaban J connectivity index is 1.62. The minimum Gasteiger partial charge on any atom is -0.423 e. The van der Waals surface area contributed by atoms with E-state index in [0.29, 0.717) is 12.1 Å². The number of aryl methyl sites for hydroxylation is 2. The molecule has 2 aromatic carbocycles. The van der Waals surface area contributed by atoms with Crippen molar-refractivity contribution in [2.75, 3.05) is 0 Å². The van der Waals surface area contributed by atoms with Crippen LogP contribution in [0.1, 0.15) is 27.8 Å². The van der Waals surface area contributed by atoms with Crippen LogP contribution in [0.4, 0.5) is 0 Å². The molecule has 0 bridgehead atoms. The molecule has 0 spiro atoms. The quantitative estimate of drug-likeness (QED) is 0.403. The molecule has 0 atom stereocenters. The van der Waals surface area contributed by atoms with Crippen LogP contribution in [-0.2, 0) is 13.0 Å². The van der Waals surface area contributed by atoms with Gasteiger partial charge in [0, 0.05) is 29.1 Å². The van der Waals surface area contributed by atoms with Crippen LogP contribution in [0, 0.1) is 13.8 Å². The third-order valence-electron chi connectivity index (χ3n) is 5.01. The Morgan fingerprint density at radius 3 is 2.26 bits per heavy atom. The zero-order chi connectivity index (χ0) is 18.8. The molecular formula is C24H22NO2+. The number of hydrogen-bond acceptors (Lipinski definition) is 2. The van der Waals surface area contributed by atoms with Crippen LogP contribution in [0.5, 0.6) is 0 Å². The Hall–Kier alpha value is -3.20. The van der Waals surface area contributed by atoms with E-state index in [1.54, 1.807) is 6.07 Å². The third kappa shape index (κ3) is 3.82. The molecule has 0 unspecified atom stereocenters. The molecule has 3 heteroatoms.